The van der Waals surface area contributed by atoms with Crippen molar-refractivity contribution in [2.24, 2.45) is 0 Å². The molecule has 1 saturated heterocycles. The third kappa shape index (κ3) is 4.12. The fraction of sp³-hybridized carbons (Fsp3) is 0.412. The standard InChI is InChI=1S/C17H20N4O3S/c1-4-8-24-17(23)12(9-18)16-21(5-2)15(22)14(25-16)7-6-13-11(3)19-10-20-13/h4,10,14H,1,5-8H2,2-3H3,(H,19,20). The fourth-order valence-corrected chi connectivity index (χ4v) is 3.82. The summed E-state index contributed by atoms with van der Waals surface area (Å²) in [6, 6.07) is 1.88. The monoisotopic (exact) mass is 360 g/mol. The highest BCUT2D eigenvalue weighted by atomic mass is 32.2. The highest BCUT2D eigenvalue weighted by molar-refractivity contribution is 8.04. The van der Waals surface area contributed by atoms with Crippen LogP contribution in [0.4, 0.5) is 0 Å². The number of carbonyl (C=O) groups is 2. The number of aromatic nitrogens is 2. The number of hydrogen-bond donors (Lipinski definition) is 1. The van der Waals surface area contributed by atoms with Crippen LogP contribution >= 0.6 is 11.8 Å². The Bertz CT molecular complexity index is 747. The average molecular weight is 360 g/mol. The van der Waals surface area contributed by atoms with Crippen molar-refractivity contribution in [3.8, 4) is 6.07 Å². The SMILES string of the molecule is C=CCOC(=O)C(C#N)=C1SC(CCc2nc[nH]c2C)C(=O)N1CC. The Kier molecular flexibility index (Phi) is 6.42. The second-order valence-corrected chi connectivity index (χ2v) is 6.57. The molecule has 0 bridgehead atoms. The molecule has 1 aliphatic heterocycles. The van der Waals surface area contributed by atoms with Crippen molar-refractivity contribution in [1.29, 1.82) is 5.26 Å². The van der Waals surface area contributed by atoms with Gasteiger partial charge in [-0.2, -0.15) is 5.26 Å². The van der Waals surface area contributed by atoms with Crippen molar-refractivity contribution in [1.82, 2.24) is 14.9 Å². The molecule has 8 heteroatoms. The molecule has 1 aliphatic rings. The molecule has 1 unspecified atom stereocenters. The minimum absolute atomic E-state index is 0.0178. The molecule has 0 aromatic carbocycles. The second-order valence-electron chi connectivity index (χ2n) is 5.38. The van der Waals surface area contributed by atoms with E-state index >= 15 is 0 Å². The number of H-pyrrole nitrogens is 1. The molecule has 7 nitrogen and oxygen atoms in total. The molecule has 1 N–H and O–H groups in total. The summed E-state index contributed by atoms with van der Waals surface area (Å²) in [5.74, 6) is -0.833. The van der Waals surface area contributed by atoms with Crippen molar-refractivity contribution in [2.45, 2.75) is 31.9 Å². The predicted molar refractivity (Wildman–Crippen MR) is 94.2 cm³/mol. The number of amides is 1. The van der Waals surface area contributed by atoms with E-state index in [9.17, 15) is 14.9 Å². The van der Waals surface area contributed by atoms with Crippen LogP contribution in [-0.2, 0) is 20.7 Å². The largest absolute Gasteiger partial charge is 0.457 e. The van der Waals surface area contributed by atoms with Crippen molar-refractivity contribution in [3.05, 3.63) is 41.0 Å². The molecule has 1 aromatic heterocycles. The Morgan fingerprint density at radius 3 is 2.96 bits per heavy atom. The van der Waals surface area contributed by atoms with Gasteiger partial charge in [-0.3, -0.25) is 4.79 Å². The molecule has 0 radical (unpaired) electrons. The van der Waals surface area contributed by atoms with E-state index in [1.165, 1.54) is 22.7 Å². The van der Waals surface area contributed by atoms with Gasteiger partial charge in [0.25, 0.3) is 0 Å². The Hall–Kier alpha value is -2.53. The van der Waals surface area contributed by atoms with Gasteiger partial charge in [-0.1, -0.05) is 24.4 Å². The van der Waals surface area contributed by atoms with Crippen LogP contribution in [0.1, 0.15) is 24.7 Å². The molecule has 1 fully saturated rings. The zero-order valence-corrected chi connectivity index (χ0v) is 15.1. The van der Waals surface area contributed by atoms with Gasteiger partial charge in [-0.25, -0.2) is 9.78 Å². The molecule has 1 atom stereocenters. The van der Waals surface area contributed by atoms with Crippen LogP contribution in [0.2, 0.25) is 0 Å². The van der Waals surface area contributed by atoms with Gasteiger partial charge < -0.3 is 14.6 Å². The van der Waals surface area contributed by atoms with E-state index < -0.39 is 5.97 Å². The van der Waals surface area contributed by atoms with Crippen LogP contribution < -0.4 is 0 Å². The summed E-state index contributed by atoms with van der Waals surface area (Å²) in [6.45, 7) is 7.62. The number of thioether (sulfide) groups is 1. The third-order valence-electron chi connectivity index (χ3n) is 3.80. The number of rotatable bonds is 7. The smallest absolute Gasteiger partial charge is 0.351 e. The molecule has 0 spiro atoms. The molecule has 25 heavy (non-hydrogen) atoms. The van der Waals surface area contributed by atoms with Crippen LogP contribution in [0.15, 0.2) is 29.6 Å². The number of nitrogens with one attached hydrogen (secondary N) is 1. The number of hydrogen-bond acceptors (Lipinski definition) is 6. The van der Waals surface area contributed by atoms with Crippen molar-refractivity contribution in [3.63, 3.8) is 0 Å². The Morgan fingerprint density at radius 1 is 1.64 bits per heavy atom. The lowest BCUT2D eigenvalue weighted by Crippen LogP contribution is -2.29. The first-order chi connectivity index (χ1) is 12.0. The topological polar surface area (TPSA) is 99.1 Å². The Labute approximate surface area is 150 Å². The van der Waals surface area contributed by atoms with Gasteiger partial charge in [0, 0.05) is 12.2 Å². The summed E-state index contributed by atoms with van der Waals surface area (Å²) in [5.41, 5.74) is 1.75. The van der Waals surface area contributed by atoms with Crippen LogP contribution in [0, 0.1) is 18.3 Å². The first kappa shape index (κ1) is 18.8. The summed E-state index contributed by atoms with van der Waals surface area (Å²) in [4.78, 5) is 33.4. The average Bonchev–Trinajstić information content (AvgIpc) is 3.15. The van der Waals surface area contributed by atoms with Gasteiger partial charge in [0.15, 0.2) is 5.57 Å². The zero-order valence-electron chi connectivity index (χ0n) is 14.2. The predicted octanol–water partition coefficient (Wildman–Crippen LogP) is 2.08. The van der Waals surface area contributed by atoms with E-state index in [2.05, 4.69) is 16.5 Å². The van der Waals surface area contributed by atoms with Gasteiger partial charge in [0.2, 0.25) is 5.91 Å². The number of carbonyl (C=O) groups excluding carboxylic acids is 2. The summed E-state index contributed by atoms with van der Waals surface area (Å²) in [6.07, 6.45) is 4.28. The molecule has 1 amide bonds. The van der Waals surface area contributed by atoms with Crippen LogP contribution in [-0.4, -0.2) is 45.1 Å². The first-order valence-corrected chi connectivity index (χ1v) is 8.80. The number of aromatic amines is 1. The third-order valence-corrected chi connectivity index (χ3v) is 5.17. The number of esters is 1. The van der Waals surface area contributed by atoms with E-state index in [1.807, 2.05) is 19.9 Å². The van der Waals surface area contributed by atoms with E-state index in [1.54, 1.807) is 6.33 Å². The van der Waals surface area contributed by atoms with Gasteiger partial charge in [0.05, 0.1) is 17.3 Å². The maximum absolute atomic E-state index is 12.6. The highest BCUT2D eigenvalue weighted by Gasteiger charge is 2.39. The van der Waals surface area contributed by atoms with Crippen molar-refractivity contribution < 1.29 is 14.3 Å². The Balaban J connectivity index is 2.18. The van der Waals surface area contributed by atoms with Crippen molar-refractivity contribution in [2.75, 3.05) is 13.2 Å². The van der Waals surface area contributed by atoms with Gasteiger partial charge in [-0.15, -0.1) is 0 Å². The van der Waals surface area contributed by atoms with Crippen LogP contribution in [0.5, 0.6) is 0 Å². The molecule has 0 aliphatic carbocycles. The highest BCUT2D eigenvalue weighted by Crippen LogP contribution is 2.39. The summed E-state index contributed by atoms with van der Waals surface area (Å²) >= 11 is 1.24. The second kappa shape index (κ2) is 8.53. The summed E-state index contributed by atoms with van der Waals surface area (Å²) < 4.78 is 4.95. The van der Waals surface area contributed by atoms with Crippen LogP contribution in [0.3, 0.4) is 0 Å². The quantitative estimate of drug-likeness (QED) is 0.346. The van der Waals surface area contributed by atoms with Crippen LogP contribution in [0.25, 0.3) is 0 Å². The normalized spacial score (nSPS) is 18.8. The molecular formula is C17H20N4O3S. The molecule has 2 heterocycles. The molecule has 1 aromatic rings. The minimum Gasteiger partial charge on any atom is -0.457 e. The fourth-order valence-electron chi connectivity index (χ4n) is 2.49. The van der Waals surface area contributed by atoms with Gasteiger partial charge in [-0.05, 0) is 26.7 Å². The lowest BCUT2D eigenvalue weighted by atomic mass is 10.1. The lowest BCUT2D eigenvalue weighted by Gasteiger charge is -2.15. The number of nitrogens with zero attached hydrogens (tertiary/aromatic N) is 3. The number of nitriles is 1. The van der Waals surface area contributed by atoms with E-state index in [-0.39, 0.29) is 23.3 Å². The summed E-state index contributed by atoms with van der Waals surface area (Å²) in [7, 11) is 0. The Morgan fingerprint density at radius 2 is 2.40 bits per heavy atom. The number of imidazole rings is 1. The maximum atomic E-state index is 12.6. The summed E-state index contributed by atoms with van der Waals surface area (Å²) in [5, 5.41) is 9.38. The first-order valence-electron chi connectivity index (χ1n) is 7.92. The van der Waals surface area contributed by atoms with E-state index in [0.29, 0.717) is 24.4 Å². The molecule has 132 valence electrons. The zero-order chi connectivity index (χ0) is 18.4. The van der Waals surface area contributed by atoms with Gasteiger partial charge >= 0.3 is 5.97 Å². The van der Waals surface area contributed by atoms with Gasteiger partial charge in [0.1, 0.15) is 17.7 Å². The maximum Gasteiger partial charge on any atom is 0.351 e. The molecular weight excluding hydrogens is 340 g/mol. The number of ether oxygens (including phenoxy) is 1. The van der Waals surface area contributed by atoms with E-state index in [4.69, 9.17) is 4.74 Å². The molecule has 2 rings (SSSR count). The number of aryl methyl sites for hydroxylation is 2. The van der Waals surface area contributed by atoms with Crippen molar-refractivity contribution >= 4 is 23.6 Å². The lowest BCUT2D eigenvalue weighted by molar-refractivity contribution is -0.137. The molecule has 0 saturated carbocycles. The van der Waals surface area contributed by atoms with E-state index in [0.717, 1.165) is 11.4 Å². The minimum atomic E-state index is -0.736.